The minimum Gasteiger partial charge on any atom is -0.494 e. The van der Waals surface area contributed by atoms with Crippen molar-refractivity contribution in [3.63, 3.8) is 0 Å². The highest BCUT2D eigenvalue weighted by Crippen LogP contribution is 2.36. The summed E-state index contributed by atoms with van der Waals surface area (Å²) in [4.78, 5) is 41.0. The Morgan fingerprint density at radius 2 is 1.61 bits per heavy atom. The fourth-order valence-corrected chi connectivity index (χ4v) is 3.53. The van der Waals surface area contributed by atoms with Gasteiger partial charge in [-0.2, -0.15) is 0 Å². The van der Waals surface area contributed by atoms with Crippen molar-refractivity contribution in [2.24, 2.45) is 0 Å². The Balaban J connectivity index is 1.88. The van der Waals surface area contributed by atoms with Crippen LogP contribution in [0.1, 0.15) is 30.5 Å². The molecule has 7 heteroatoms. The van der Waals surface area contributed by atoms with Gasteiger partial charge in [0.25, 0.3) is 0 Å². The second kappa shape index (κ2) is 9.64. The second-order valence-electron chi connectivity index (χ2n) is 7.44. The normalized spacial score (nSPS) is 13.1. The number of esters is 1. The Morgan fingerprint density at radius 1 is 0.968 bits per heavy atom. The third kappa shape index (κ3) is 5.05. The fraction of sp³-hybridized carbons (Fsp3) is 0.375. The van der Waals surface area contributed by atoms with Crippen LogP contribution in [-0.2, 0) is 25.5 Å². The molecule has 0 fully saturated rings. The van der Waals surface area contributed by atoms with Crippen molar-refractivity contribution in [3.8, 4) is 5.75 Å². The van der Waals surface area contributed by atoms with Gasteiger partial charge in [-0.15, -0.1) is 0 Å². The molecule has 1 heterocycles. The summed E-state index contributed by atoms with van der Waals surface area (Å²) in [6, 6.07) is 11.1. The summed E-state index contributed by atoms with van der Waals surface area (Å²) in [6.45, 7) is 8.04. The molecule has 0 saturated carbocycles. The van der Waals surface area contributed by atoms with Crippen LogP contribution in [0.4, 0.5) is 11.4 Å². The van der Waals surface area contributed by atoms with Crippen molar-refractivity contribution < 1.29 is 23.9 Å². The van der Waals surface area contributed by atoms with Crippen LogP contribution >= 0.6 is 0 Å². The van der Waals surface area contributed by atoms with E-state index in [2.05, 4.69) is 0 Å². The molecule has 2 aromatic rings. The van der Waals surface area contributed by atoms with Crippen LogP contribution in [0.2, 0.25) is 0 Å². The average molecular weight is 424 g/mol. The summed E-state index contributed by atoms with van der Waals surface area (Å²) in [5.41, 5.74) is 3.99. The Morgan fingerprint density at radius 3 is 2.23 bits per heavy atom. The summed E-state index contributed by atoms with van der Waals surface area (Å²) in [5.74, 6) is -0.228. The molecule has 3 rings (SSSR count). The van der Waals surface area contributed by atoms with Crippen molar-refractivity contribution in [1.82, 2.24) is 0 Å². The van der Waals surface area contributed by atoms with E-state index in [0.717, 1.165) is 22.4 Å². The molecule has 1 aliphatic heterocycles. The molecule has 1 aliphatic rings. The largest absolute Gasteiger partial charge is 0.494 e. The smallest absolute Gasteiger partial charge is 0.326 e. The van der Waals surface area contributed by atoms with Crippen molar-refractivity contribution >= 4 is 29.2 Å². The number of hydrogen-bond acceptors (Lipinski definition) is 5. The number of anilines is 2. The molecular weight excluding hydrogens is 396 g/mol. The molecule has 0 N–H and O–H groups in total. The molecule has 0 atom stereocenters. The van der Waals surface area contributed by atoms with E-state index in [1.54, 1.807) is 6.92 Å². The molecule has 0 unspecified atom stereocenters. The van der Waals surface area contributed by atoms with Crippen LogP contribution in [0.25, 0.3) is 0 Å². The summed E-state index contributed by atoms with van der Waals surface area (Å²) < 4.78 is 10.5. The zero-order valence-electron chi connectivity index (χ0n) is 18.4. The second-order valence-corrected chi connectivity index (χ2v) is 7.44. The van der Waals surface area contributed by atoms with Crippen molar-refractivity contribution in [1.29, 1.82) is 0 Å². The molecule has 0 aliphatic carbocycles. The molecule has 0 aromatic heterocycles. The van der Waals surface area contributed by atoms with Gasteiger partial charge in [-0.25, -0.2) is 0 Å². The lowest BCUT2D eigenvalue weighted by Gasteiger charge is -2.36. The minimum atomic E-state index is -0.478. The first-order chi connectivity index (χ1) is 14.8. The van der Waals surface area contributed by atoms with Gasteiger partial charge in [0.05, 0.1) is 31.0 Å². The summed E-state index contributed by atoms with van der Waals surface area (Å²) in [7, 11) is 0. The predicted molar refractivity (Wildman–Crippen MR) is 119 cm³/mol. The first-order valence-corrected chi connectivity index (χ1v) is 10.4. The molecule has 2 amide bonds. The third-order valence-electron chi connectivity index (χ3n) is 5.25. The first kappa shape index (κ1) is 22.3. The first-order valence-electron chi connectivity index (χ1n) is 10.4. The van der Waals surface area contributed by atoms with Crippen molar-refractivity contribution in [2.45, 2.75) is 34.1 Å². The maximum absolute atomic E-state index is 13.1. The van der Waals surface area contributed by atoms with Crippen LogP contribution in [0.3, 0.4) is 0 Å². The highest BCUT2D eigenvalue weighted by molar-refractivity contribution is 6.13. The highest BCUT2D eigenvalue weighted by Gasteiger charge is 2.34. The number of ether oxygens (including phenoxy) is 2. The molecule has 7 nitrogen and oxygen atoms in total. The Bertz CT molecular complexity index is 984. The van der Waals surface area contributed by atoms with Crippen molar-refractivity contribution in [3.05, 3.63) is 53.1 Å². The van der Waals surface area contributed by atoms with Crippen LogP contribution in [0.15, 0.2) is 36.4 Å². The van der Waals surface area contributed by atoms with E-state index in [-0.39, 0.29) is 37.9 Å². The van der Waals surface area contributed by atoms with Gasteiger partial charge in [-0.05, 0) is 68.7 Å². The molecular formula is C24H28N2O5. The third-order valence-corrected chi connectivity index (χ3v) is 5.25. The van der Waals surface area contributed by atoms with Gasteiger partial charge >= 0.3 is 5.97 Å². The van der Waals surface area contributed by atoms with Gasteiger partial charge in [0.1, 0.15) is 18.8 Å². The Kier molecular flexibility index (Phi) is 6.95. The number of hydrogen-bond donors (Lipinski definition) is 0. The van der Waals surface area contributed by atoms with Gasteiger partial charge in [-0.1, -0.05) is 12.1 Å². The number of aryl methyl sites for hydroxylation is 2. The van der Waals surface area contributed by atoms with Gasteiger partial charge in [0, 0.05) is 0 Å². The topological polar surface area (TPSA) is 76.2 Å². The zero-order chi connectivity index (χ0) is 22.5. The van der Waals surface area contributed by atoms with E-state index in [9.17, 15) is 14.4 Å². The van der Waals surface area contributed by atoms with Gasteiger partial charge in [0.15, 0.2) is 0 Å². The van der Waals surface area contributed by atoms with Gasteiger partial charge < -0.3 is 14.4 Å². The van der Waals surface area contributed by atoms with E-state index in [0.29, 0.717) is 18.0 Å². The Hall–Kier alpha value is -3.35. The van der Waals surface area contributed by atoms with Crippen LogP contribution in [0.5, 0.6) is 5.75 Å². The van der Waals surface area contributed by atoms with E-state index in [4.69, 9.17) is 9.47 Å². The van der Waals surface area contributed by atoms with E-state index in [1.165, 1.54) is 9.80 Å². The lowest BCUT2D eigenvalue weighted by molar-refractivity contribution is -0.142. The van der Waals surface area contributed by atoms with Gasteiger partial charge in [-0.3, -0.25) is 19.3 Å². The predicted octanol–water partition coefficient (Wildman–Crippen LogP) is 3.19. The maximum atomic E-state index is 13.1. The number of benzene rings is 2. The van der Waals surface area contributed by atoms with Crippen LogP contribution in [-0.4, -0.2) is 44.1 Å². The quantitative estimate of drug-likeness (QED) is 0.638. The van der Waals surface area contributed by atoms with Crippen molar-refractivity contribution in [2.75, 3.05) is 36.1 Å². The molecule has 0 bridgehead atoms. The van der Waals surface area contributed by atoms with Crippen LogP contribution < -0.4 is 14.5 Å². The molecule has 2 aromatic carbocycles. The molecule has 0 radical (unpaired) electrons. The number of nitrogens with zero attached hydrogens (tertiary/aromatic N) is 2. The maximum Gasteiger partial charge on any atom is 0.326 e. The zero-order valence-corrected chi connectivity index (χ0v) is 18.4. The van der Waals surface area contributed by atoms with E-state index >= 15 is 0 Å². The minimum absolute atomic E-state index is 0.120. The van der Waals surface area contributed by atoms with Gasteiger partial charge in [0.2, 0.25) is 11.8 Å². The number of amides is 2. The molecule has 164 valence electrons. The number of carbonyl (C=O) groups excluding carboxylic acids is 3. The SMILES string of the molecule is CCOC(=O)CN1C(=O)CN(C(=O)Cc2ccc(OCC)cc2)c2cc(C)c(C)cc21. The molecule has 0 saturated heterocycles. The lowest BCUT2D eigenvalue weighted by atomic mass is 10.0. The number of carbonyl (C=O) groups is 3. The summed E-state index contributed by atoms with van der Waals surface area (Å²) in [5, 5.41) is 0. The molecule has 0 spiro atoms. The fourth-order valence-electron chi connectivity index (χ4n) is 3.53. The van der Waals surface area contributed by atoms with Crippen LogP contribution in [0, 0.1) is 13.8 Å². The number of rotatable bonds is 7. The van der Waals surface area contributed by atoms with E-state index in [1.807, 2.05) is 57.2 Å². The monoisotopic (exact) mass is 424 g/mol. The number of fused-ring (bicyclic) bond motifs is 1. The molecule has 31 heavy (non-hydrogen) atoms. The standard InChI is InChI=1S/C24H28N2O5/c1-5-30-19-9-7-18(8-10-19)13-22(27)25-14-23(28)26(15-24(29)31-6-2)21-12-17(4)16(3)11-20(21)25/h7-12H,5-6,13-15H2,1-4H3. The Labute approximate surface area is 182 Å². The lowest BCUT2D eigenvalue weighted by Crippen LogP contribution is -2.50. The summed E-state index contributed by atoms with van der Waals surface area (Å²) in [6.07, 6.45) is 0.157. The van der Waals surface area contributed by atoms with E-state index < -0.39 is 5.97 Å². The average Bonchev–Trinajstić information content (AvgIpc) is 2.73. The highest BCUT2D eigenvalue weighted by atomic mass is 16.5. The summed E-state index contributed by atoms with van der Waals surface area (Å²) >= 11 is 0.